The number of hydrogen-bond acceptors (Lipinski definition) is 6. The van der Waals surface area contributed by atoms with Crippen LogP contribution in [0.25, 0.3) is 238 Å². The maximum absolute atomic E-state index is 6.78. The van der Waals surface area contributed by atoms with Crippen molar-refractivity contribution in [1.29, 1.82) is 0 Å². The predicted octanol–water partition coefficient (Wildman–Crippen LogP) is 36.2. The van der Waals surface area contributed by atoms with Crippen LogP contribution in [0.4, 0.5) is 0 Å². The Morgan fingerprint density at radius 3 is 1.01 bits per heavy atom. The molecule has 146 heavy (non-hydrogen) atoms. The molecule has 0 amide bonds. The zero-order chi connectivity index (χ0) is 97.2. The summed E-state index contributed by atoms with van der Waals surface area (Å²) in [6.07, 6.45) is 2.10. The molecule has 12 heteroatoms. The van der Waals surface area contributed by atoms with Gasteiger partial charge in [0.05, 0.1) is 77.4 Å². The molecule has 30 rings (SSSR count). The van der Waals surface area contributed by atoms with Gasteiger partial charge in [-0.1, -0.05) is 385 Å². The van der Waals surface area contributed by atoms with Gasteiger partial charge >= 0.3 is 0 Å². The van der Waals surface area contributed by atoms with Gasteiger partial charge in [0.15, 0.2) is 17.5 Å². The second kappa shape index (κ2) is 37.8. The highest BCUT2D eigenvalue weighted by Crippen LogP contribution is 2.47. The van der Waals surface area contributed by atoms with Crippen molar-refractivity contribution in [3.63, 3.8) is 0 Å². The lowest BCUT2D eigenvalue weighted by Crippen LogP contribution is -1.97. The van der Waals surface area contributed by atoms with Gasteiger partial charge in [0.2, 0.25) is 0 Å². The molecule has 0 saturated carbocycles. The molecule has 688 valence electrons. The molecule has 9 nitrogen and oxygen atoms in total. The predicted molar refractivity (Wildman–Crippen MR) is 614 cm³/mol. The van der Waals surface area contributed by atoms with E-state index in [0.717, 1.165) is 155 Å². The summed E-state index contributed by atoms with van der Waals surface area (Å²) in [5, 5.41) is 19.4. The van der Waals surface area contributed by atoms with Crippen LogP contribution in [0.15, 0.2) is 502 Å². The van der Waals surface area contributed by atoms with E-state index in [9.17, 15) is 0 Å². The minimum Gasteiger partial charge on any atom is -0.309 e. The number of benzene rings is 22. The largest absolute Gasteiger partial charge is 0.309 e. The van der Waals surface area contributed by atoms with Gasteiger partial charge in [-0.2, -0.15) is 0 Å². The van der Waals surface area contributed by atoms with E-state index in [2.05, 4.69) is 388 Å². The molecule has 2 aliphatic rings. The van der Waals surface area contributed by atoms with Crippen LogP contribution in [0.2, 0.25) is 10.0 Å². The summed E-state index contributed by atoms with van der Waals surface area (Å²) in [6, 6.07) is 174. The fourth-order valence-corrected chi connectivity index (χ4v) is 22.4. The second-order valence-corrected chi connectivity index (χ2v) is 38.7. The molecule has 0 radical (unpaired) electrons. The van der Waals surface area contributed by atoms with E-state index in [1.807, 2.05) is 140 Å². The van der Waals surface area contributed by atoms with Crippen molar-refractivity contribution in [1.82, 2.24) is 43.6 Å². The van der Waals surface area contributed by atoms with Crippen LogP contribution < -0.4 is 0 Å². The average Bonchev–Trinajstić information content (AvgIpc) is 1.58. The molecule has 22 aromatic carbocycles. The van der Waals surface area contributed by atoms with E-state index in [4.69, 9.17) is 53.1 Å². The number of hydrogen-bond donors (Lipinski definition) is 0. The molecule has 0 bridgehead atoms. The van der Waals surface area contributed by atoms with Crippen molar-refractivity contribution in [2.75, 3.05) is 0 Å². The third-order valence-electron chi connectivity index (χ3n) is 28.3. The first kappa shape index (κ1) is 88.3. The summed E-state index contributed by atoms with van der Waals surface area (Å²) in [6.45, 7) is 0. The van der Waals surface area contributed by atoms with Crippen molar-refractivity contribution in [3.8, 4) is 107 Å². The monoisotopic (exact) mass is 1970 g/mol. The number of halogens is 3. The lowest BCUT2D eigenvalue weighted by Gasteiger charge is -2.12. The Hall–Kier alpha value is -17.9. The molecule has 0 atom stereocenters. The Labute approximate surface area is 860 Å². The second-order valence-electron chi connectivity index (χ2n) is 37.0. The van der Waals surface area contributed by atoms with Crippen molar-refractivity contribution >= 4 is 170 Å². The molecule has 6 heterocycles. The van der Waals surface area contributed by atoms with Crippen LogP contribution in [-0.4, -0.2) is 43.6 Å². The Bertz CT molecular complexity index is 9880. The van der Waals surface area contributed by atoms with Gasteiger partial charge in [-0.25, -0.2) is 29.9 Å². The minimum absolute atomic E-state index is 0.709. The molecule has 28 aromatic rings. The van der Waals surface area contributed by atoms with Crippen molar-refractivity contribution in [2.24, 2.45) is 0 Å². The Morgan fingerprint density at radius 1 is 0.205 bits per heavy atom. The lowest BCUT2D eigenvalue weighted by atomic mass is 10.0. The third-order valence-corrected chi connectivity index (χ3v) is 29.5. The number of nitrogens with zero attached hydrogens (tertiary/aromatic N) is 9. The Kier molecular flexibility index (Phi) is 22.9. The first-order valence-electron chi connectivity index (χ1n) is 49.1. The van der Waals surface area contributed by atoms with Crippen LogP contribution >= 0.6 is 39.1 Å². The van der Waals surface area contributed by atoms with Crippen LogP contribution in [-0.2, 0) is 12.8 Å². The van der Waals surface area contributed by atoms with Gasteiger partial charge in [0.1, 0.15) is 0 Å². The molecule has 0 saturated heterocycles. The van der Waals surface area contributed by atoms with E-state index in [0.29, 0.717) is 11.6 Å². The van der Waals surface area contributed by atoms with Crippen molar-refractivity contribution in [2.45, 2.75) is 12.8 Å². The standard InChI is InChI=1S/C48H30N4.C36H22ClN3.C20H13BrN2.C17H11Cl.C13H10/c1-2-13-31(14-3-1)47-38-19-6-9-20-40(38)49-48(50-47)32-25-27-35(28-26-32)51-43-23-12-24-44(46(43)39-29-33-15-4-5-16-34(33)30-45(39)51)52-41-21-10-7-17-36(41)37-18-8-11-22-42(37)52;37-30-14-8-16-32-34(30)29-21-25-11-4-5-12-26(25)22-33(29)40(32)27-19-17-24(18-20-27)36-38-31-15-7-6-13-28(31)35(39-36)23-9-2-1-3-10-23;21-16-12-10-15(11-13-16)20-22-18-9-5-4-8-17(18)19(23-20)14-6-2-1-3-7-14;18-16-7-3-6-13-9-14-8-11-4-1-2-5-12(11)10-15(14)17(13)16;1-3-7-12-10(5-1)9-11-6-2-4-8-13(11)12/h1-30H;1-22H;1-13H;1-8,10H,9H2;1-8H,9H2. The van der Waals surface area contributed by atoms with Gasteiger partial charge in [-0.3, -0.25) is 0 Å². The number of para-hydroxylation sites is 5. The highest BCUT2D eigenvalue weighted by atomic mass is 79.9. The van der Waals surface area contributed by atoms with Gasteiger partial charge in [-0.05, 0) is 236 Å². The highest BCUT2D eigenvalue weighted by Gasteiger charge is 2.26. The lowest BCUT2D eigenvalue weighted by molar-refractivity contribution is 1.17. The Balaban J connectivity index is 0.000000101. The summed E-state index contributed by atoms with van der Waals surface area (Å²) in [5.41, 5.74) is 33.1. The summed E-state index contributed by atoms with van der Waals surface area (Å²) in [7, 11) is 0. The molecule has 2 aliphatic carbocycles. The van der Waals surface area contributed by atoms with E-state index in [-0.39, 0.29) is 0 Å². The zero-order valence-corrected chi connectivity index (χ0v) is 82.0. The van der Waals surface area contributed by atoms with Crippen molar-refractivity contribution < 1.29 is 0 Å². The first-order valence-corrected chi connectivity index (χ1v) is 50.6. The summed E-state index contributed by atoms with van der Waals surface area (Å²) >= 11 is 16.6. The summed E-state index contributed by atoms with van der Waals surface area (Å²) in [5.74, 6) is 2.17. The fraction of sp³-hybridized carbons (Fsp3) is 0.0149. The smallest absolute Gasteiger partial charge is 0.160 e. The SMILES string of the molecule is Brc1ccc(-c2nc(-c3ccccc3)c3ccccc3n2)cc1.Clc1cccc2c1-c1cc3ccccc3cc1C2.Clc1cccc2c1c1cc3ccccc3cc1n2-c1ccc(-c2nc(-c3ccccc3)c3ccccc3n2)cc1.c1ccc(-c2nc(-c3ccc(-n4c5cc6ccccc6cc5c5c(-n6c7ccccc7c7ccccc76)cccc54)cc3)nc3ccccc23)cc1.c1ccc2c(c1)Cc1ccccc1-2. The first-order chi connectivity index (χ1) is 72.1. The van der Waals surface area contributed by atoms with Gasteiger partial charge in [0, 0.05) is 108 Å². The summed E-state index contributed by atoms with van der Waals surface area (Å²) in [4.78, 5) is 29.7. The average molecular weight is 1970 g/mol. The molecule has 0 unspecified atom stereocenters. The molecule has 0 spiro atoms. The van der Waals surface area contributed by atoms with Crippen LogP contribution in [0.5, 0.6) is 0 Å². The number of rotatable bonds is 9. The maximum Gasteiger partial charge on any atom is 0.160 e. The topological polar surface area (TPSA) is 92.1 Å². The van der Waals surface area contributed by atoms with E-state index >= 15 is 0 Å². The Morgan fingerprint density at radius 2 is 0.541 bits per heavy atom. The van der Waals surface area contributed by atoms with Crippen LogP contribution in [0.1, 0.15) is 22.3 Å². The molecular weight excluding hydrogens is 1890 g/mol. The van der Waals surface area contributed by atoms with Crippen LogP contribution in [0.3, 0.4) is 0 Å². The highest BCUT2D eigenvalue weighted by molar-refractivity contribution is 9.10. The third kappa shape index (κ3) is 16.3. The molecule has 0 N–H and O–H groups in total. The normalized spacial score (nSPS) is 11.7. The van der Waals surface area contributed by atoms with Gasteiger partial charge < -0.3 is 13.7 Å². The minimum atomic E-state index is 0.709. The molecule has 0 fully saturated rings. The van der Waals surface area contributed by atoms with E-state index < -0.39 is 0 Å². The fourth-order valence-electron chi connectivity index (χ4n) is 21.5. The quantitative estimate of drug-likeness (QED) is 0.143. The maximum atomic E-state index is 6.78. The van der Waals surface area contributed by atoms with Crippen LogP contribution in [0, 0.1) is 0 Å². The van der Waals surface area contributed by atoms with Crippen molar-refractivity contribution in [3.05, 3.63) is 534 Å². The number of fused-ring (bicyclic) bond motifs is 21. The van der Waals surface area contributed by atoms with Gasteiger partial charge in [-0.15, -0.1) is 0 Å². The van der Waals surface area contributed by atoms with Gasteiger partial charge in [0.25, 0.3) is 0 Å². The molecule has 0 aliphatic heterocycles. The summed E-state index contributed by atoms with van der Waals surface area (Å²) < 4.78 is 8.19. The molecular formula is C134H86BrCl2N9. The number of aromatic nitrogens is 9. The zero-order valence-electron chi connectivity index (χ0n) is 78.9. The van der Waals surface area contributed by atoms with E-state index in [1.54, 1.807) is 0 Å². The molecule has 6 aromatic heterocycles. The van der Waals surface area contributed by atoms with E-state index in [1.165, 1.54) is 121 Å².